The van der Waals surface area contributed by atoms with Crippen LogP contribution >= 0.6 is 27.7 Å². The van der Waals surface area contributed by atoms with Gasteiger partial charge in [0.1, 0.15) is 5.92 Å². The Bertz CT molecular complexity index is 1310. The van der Waals surface area contributed by atoms with E-state index in [-0.39, 0.29) is 27.8 Å². The molecule has 0 fully saturated rings. The molecule has 1 heterocycles. The molecule has 2 aromatic rings. The number of carbonyl (C=O) groups is 4. The number of amides is 2. The zero-order valence-corrected chi connectivity index (χ0v) is 22.9. The van der Waals surface area contributed by atoms with E-state index in [1.54, 1.807) is 12.1 Å². The number of allylic oxidation sites excluding steroid dienone is 1. The van der Waals surface area contributed by atoms with Crippen molar-refractivity contribution < 1.29 is 28.7 Å². The van der Waals surface area contributed by atoms with Gasteiger partial charge in [-0.1, -0.05) is 39.8 Å². The molecule has 0 aliphatic carbocycles. The SMILES string of the molecule is COC(=O)c1ccc([C@@H]2C(C#N)=C(SCC(=O)Nc3c(C)cc(Br)cc3C)NC(=O)[C@H]2C(=O)OC)cc1. The molecule has 0 saturated heterocycles. The summed E-state index contributed by atoms with van der Waals surface area (Å²) in [6.45, 7) is 3.75. The van der Waals surface area contributed by atoms with Crippen LogP contribution in [0.25, 0.3) is 0 Å². The first kappa shape index (κ1) is 28.0. The Balaban J connectivity index is 1.92. The largest absolute Gasteiger partial charge is 0.468 e. The number of halogens is 1. The number of carbonyl (C=O) groups excluding carboxylic acids is 4. The van der Waals surface area contributed by atoms with Crippen LogP contribution in [0.3, 0.4) is 0 Å². The van der Waals surface area contributed by atoms with E-state index in [0.29, 0.717) is 11.3 Å². The molecular formula is C26H24BrN3O6S. The van der Waals surface area contributed by atoms with E-state index in [1.807, 2.05) is 26.0 Å². The lowest BCUT2D eigenvalue weighted by atomic mass is 9.78. The third-order valence-corrected chi connectivity index (χ3v) is 7.26. The first-order valence-electron chi connectivity index (χ1n) is 11.0. The minimum atomic E-state index is -1.32. The highest BCUT2D eigenvalue weighted by Crippen LogP contribution is 2.40. The number of aryl methyl sites for hydroxylation is 2. The number of methoxy groups -OCH3 is 2. The summed E-state index contributed by atoms with van der Waals surface area (Å²) < 4.78 is 10.4. The second kappa shape index (κ2) is 12.1. The normalized spacial score (nSPS) is 16.9. The van der Waals surface area contributed by atoms with Gasteiger partial charge in [-0.05, 0) is 54.8 Å². The van der Waals surface area contributed by atoms with Gasteiger partial charge in [0.2, 0.25) is 11.8 Å². The standard InChI is InChI=1S/C26H24BrN3O6S/c1-13-9-17(27)10-14(2)22(13)29-19(31)12-37-24-18(11-28)20(21(23(32)30-24)26(34)36-4)15-5-7-16(8-6-15)25(33)35-3/h5-10,20-21H,12H2,1-4H3,(H,29,31)(H,30,32)/t20-,21+/m1/s1. The number of nitriles is 1. The minimum Gasteiger partial charge on any atom is -0.468 e. The van der Waals surface area contributed by atoms with Crippen molar-refractivity contribution >= 4 is 57.1 Å². The molecule has 2 amide bonds. The maximum Gasteiger partial charge on any atom is 0.337 e. The predicted octanol–water partition coefficient (Wildman–Crippen LogP) is 3.96. The van der Waals surface area contributed by atoms with E-state index in [4.69, 9.17) is 9.47 Å². The Morgan fingerprint density at radius 2 is 1.73 bits per heavy atom. The van der Waals surface area contributed by atoms with E-state index in [9.17, 15) is 24.4 Å². The van der Waals surface area contributed by atoms with Crippen LogP contribution < -0.4 is 10.6 Å². The van der Waals surface area contributed by atoms with Crippen molar-refractivity contribution in [2.45, 2.75) is 19.8 Å². The molecule has 3 rings (SSSR count). The zero-order valence-electron chi connectivity index (χ0n) is 20.5. The fourth-order valence-electron chi connectivity index (χ4n) is 4.05. The smallest absolute Gasteiger partial charge is 0.337 e. The van der Waals surface area contributed by atoms with Gasteiger partial charge < -0.3 is 20.1 Å². The summed E-state index contributed by atoms with van der Waals surface area (Å²) in [5.74, 6) is -4.73. The van der Waals surface area contributed by atoms with Crippen molar-refractivity contribution in [1.82, 2.24) is 5.32 Å². The average molecular weight is 586 g/mol. The number of ether oxygens (including phenoxy) is 2. The first-order chi connectivity index (χ1) is 17.6. The van der Waals surface area contributed by atoms with Crippen LogP contribution in [0.15, 0.2) is 51.5 Å². The van der Waals surface area contributed by atoms with Gasteiger partial charge in [0.05, 0.1) is 42.2 Å². The summed E-state index contributed by atoms with van der Waals surface area (Å²) >= 11 is 4.41. The van der Waals surface area contributed by atoms with Crippen molar-refractivity contribution in [2.24, 2.45) is 5.92 Å². The van der Waals surface area contributed by atoms with E-state index in [1.165, 1.54) is 19.2 Å². The Hall–Kier alpha value is -3.62. The zero-order chi connectivity index (χ0) is 27.3. The van der Waals surface area contributed by atoms with E-state index in [2.05, 4.69) is 32.6 Å². The molecule has 2 atom stereocenters. The van der Waals surface area contributed by atoms with E-state index in [0.717, 1.165) is 34.5 Å². The molecule has 0 bridgehead atoms. The van der Waals surface area contributed by atoms with E-state index < -0.39 is 29.7 Å². The van der Waals surface area contributed by atoms with Crippen molar-refractivity contribution in [3.8, 4) is 6.07 Å². The Morgan fingerprint density at radius 3 is 2.27 bits per heavy atom. The Morgan fingerprint density at radius 1 is 1.11 bits per heavy atom. The minimum absolute atomic E-state index is 0.0906. The Labute approximate surface area is 226 Å². The second-order valence-electron chi connectivity index (χ2n) is 8.19. The molecule has 2 N–H and O–H groups in total. The van der Waals surface area contributed by atoms with Gasteiger partial charge in [-0.3, -0.25) is 14.4 Å². The maximum absolute atomic E-state index is 13.0. The van der Waals surface area contributed by atoms with Crippen molar-refractivity contribution in [1.29, 1.82) is 5.26 Å². The molecule has 11 heteroatoms. The number of nitrogens with one attached hydrogen (secondary N) is 2. The lowest BCUT2D eigenvalue weighted by Crippen LogP contribution is -2.44. The molecule has 0 aromatic heterocycles. The molecule has 0 radical (unpaired) electrons. The summed E-state index contributed by atoms with van der Waals surface area (Å²) in [6, 6.07) is 11.9. The second-order valence-corrected chi connectivity index (χ2v) is 10.1. The van der Waals surface area contributed by atoms with Crippen LogP contribution in [0, 0.1) is 31.1 Å². The summed E-state index contributed by atoms with van der Waals surface area (Å²) in [5, 5.41) is 15.7. The highest BCUT2D eigenvalue weighted by Gasteiger charge is 2.44. The lowest BCUT2D eigenvalue weighted by Gasteiger charge is -2.31. The molecule has 9 nitrogen and oxygen atoms in total. The summed E-state index contributed by atoms with van der Waals surface area (Å²) in [6.07, 6.45) is 0. The average Bonchev–Trinajstić information content (AvgIpc) is 2.88. The number of thioether (sulfide) groups is 1. The highest BCUT2D eigenvalue weighted by molar-refractivity contribution is 9.10. The molecule has 0 unspecified atom stereocenters. The number of anilines is 1. The van der Waals surface area contributed by atoms with Gasteiger partial charge in [0.15, 0.2) is 0 Å². The molecule has 0 spiro atoms. The van der Waals surface area contributed by atoms with Crippen LogP contribution in [0.4, 0.5) is 5.69 Å². The number of rotatable bonds is 7. The van der Waals surface area contributed by atoms with Crippen LogP contribution in [0.2, 0.25) is 0 Å². The topological polar surface area (TPSA) is 135 Å². The van der Waals surface area contributed by atoms with Gasteiger partial charge in [-0.15, -0.1) is 0 Å². The van der Waals surface area contributed by atoms with Gasteiger partial charge in [-0.2, -0.15) is 5.26 Å². The van der Waals surface area contributed by atoms with E-state index >= 15 is 0 Å². The van der Waals surface area contributed by atoms with Crippen LogP contribution in [0.1, 0.15) is 33.0 Å². The number of nitrogens with zero attached hydrogens (tertiary/aromatic N) is 1. The molecule has 192 valence electrons. The van der Waals surface area contributed by atoms with Crippen molar-refractivity contribution in [3.63, 3.8) is 0 Å². The quantitative estimate of drug-likeness (QED) is 0.368. The van der Waals surface area contributed by atoms with Gasteiger partial charge in [-0.25, -0.2) is 4.79 Å². The number of hydrogen-bond donors (Lipinski definition) is 2. The monoisotopic (exact) mass is 585 g/mol. The number of benzene rings is 2. The van der Waals surface area contributed by atoms with Crippen LogP contribution in [0.5, 0.6) is 0 Å². The van der Waals surface area contributed by atoms with Crippen LogP contribution in [-0.4, -0.2) is 43.7 Å². The molecule has 2 aromatic carbocycles. The lowest BCUT2D eigenvalue weighted by molar-refractivity contribution is -0.150. The third kappa shape index (κ3) is 6.21. The van der Waals surface area contributed by atoms with Gasteiger partial charge in [0, 0.05) is 16.1 Å². The fourth-order valence-corrected chi connectivity index (χ4v) is 5.58. The summed E-state index contributed by atoms with van der Waals surface area (Å²) in [4.78, 5) is 50.1. The molecule has 1 aliphatic heterocycles. The van der Waals surface area contributed by atoms with Crippen molar-refractivity contribution in [3.05, 3.63) is 73.7 Å². The predicted molar refractivity (Wildman–Crippen MR) is 142 cm³/mol. The maximum atomic E-state index is 13.0. The Kier molecular flexibility index (Phi) is 9.13. The van der Waals surface area contributed by atoms with Crippen LogP contribution in [-0.2, 0) is 23.9 Å². The molecule has 1 aliphatic rings. The molecular weight excluding hydrogens is 562 g/mol. The molecule has 37 heavy (non-hydrogen) atoms. The van der Waals surface area contributed by atoms with Crippen molar-refractivity contribution in [2.75, 3.05) is 25.3 Å². The summed E-state index contributed by atoms with van der Waals surface area (Å²) in [7, 11) is 2.41. The summed E-state index contributed by atoms with van der Waals surface area (Å²) in [5.41, 5.74) is 3.28. The number of hydrogen-bond acceptors (Lipinski definition) is 8. The van der Waals surface area contributed by atoms with Gasteiger partial charge >= 0.3 is 11.9 Å². The first-order valence-corrected chi connectivity index (χ1v) is 12.8. The third-order valence-electron chi connectivity index (χ3n) is 5.78. The molecule has 0 saturated carbocycles. The highest BCUT2D eigenvalue weighted by atomic mass is 79.9. The van der Waals surface area contributed by atoms with Gasteiger partial charge in [0.25, 0.3) is 0 Å². The fraction of sp³-hybridized carbons (Fsp3) is 0.269. The number of esters is 2.